The maximum atomic E-state index is 12.0. The molecular formula is C14H15NO7S. The first kappa shape index (κ1) is 15.9. The number of ether oxygens (including phenoxy) is 2. The van der Waals surface area contributed by atoms with E-state index < -0.39 is 24.1 Å². The van der Waals surface area contributed by atoms with Gasteiger partial charge in [-0.25, -0.2) is 9.59 Å². The van der Waals surface area contributed by atoms with Crippen molar-refractivity contribution in [3.8, 4) is 0 Å². The number of aliphatic hydroxyl groups excluding tert-OH is 1. The van der Waals surface area contributed by atoms with Crippen molar-refractivity contribution >= 4 is 29.8 Å². The molecule has 3 aliphatic heterocycles. The Morgan fingerprint density at radius 1 is 1.39 bits per heavy atom. The van der Waals surface area contributed by atoms with Gasteiger partial charge in [-0.1, -0.05) is 11.8 Å². The molecule has 2 N–H and O–H groups in total. The first-order chi connectivity index (χ1) is 10.8. The molecule has 8 nitrogen and oxygen atoms in total. The van der Waals surface area contributed by atoms with Crippen LogP contribution in [0.15, 0.2) is 21.9 Å². The fourth-order valence-electron chi connectivity index (χ4n) is 2.77. The Kier molecular flexibility index (Phi) is 3.85. The maximum absolute atomic E-state index is 12.0. The van der Waals surface area contributed by atoms with Gasteiger partial charge in [0.15, 0.2) is 0 Å². The molecule has 0 aliphatic carbocycles. The Balaban J connectivity index is 1.85. The number of carboxylic acid groups (broad SMARTS) is 1. The molecule has 3 heterocycles. The number of fused-ring (bicyclic) bond motifs is 1. The molecule has 9 heteroatoms. The van der Waals surface area contributed by atoms with E-state index in [9.17, 15) is 19.5 Å². The molecule has 3 aliphatic rings. The van der Waals surface area contributed by atoms with Gasteiger partial charge in [0.05, 0.1) is 17.4 Å². The Bertz CT molecular complexity index is 668. The molecule has 1 fully saturated rings. The first-order valence-corrected chi connectivity index (χ1v) is 7.86. The minimum absolute atomic E-state index is 0.0457. The van der Waals surface area contributed by atoms with E-state index in [2.05, 4.69) is 0 Å². The van der Waals surface area contributed by atoms with Gasteiger partial charge < -0.3 is 19.7 Å². The number of amides is 1. The van der Waals surface area contributed by atoms with E-state index >= 15 is 0 Å². The van der Waals surface area contributed by atoms with Crippen LogP contribution in [0.5, 0.6) is 0 Å². The van der Waals surface area contributed by atoms with Gasteiger partial charge in [-0.2, -0.15) is 0 Å². The zero-order valence-corrected chi connectivity index (χ0v) is 13.3. The van der Waals surface area contributed by atoms with Crippen LogP contribution in [0.1, 0.15) is 20.3 Å². The summed E-state index contributed by atoms with van der Waals surface area (Å²) in [6.07, 6.45) is -1.79. The second-order valence-electron chi connectivity index (χ2n) is 5.51. The summed E-state index contributed by atoms with van der Waals surface area (Å²) in [5.41, 5.74) is 1.31. The molecule has 3 rings (SSSR count). The third-order valence-corrected chi connectivity index (χ3v) is 5.66. The van der Waals surface area contributed by atoms with Gasteiger partial charge in [-0.15, -0.1) is 0 Å². The van der Waals surface area contributed by atoms with Gasteiger partial charge in [0, 0.05) is 12.0 Å². The van der Waals surface area contributed by atoms with Crippen LogP contribution < -0.4 is 0 Å². The van der Waals surface area contributed by atoms with Crippen molar-refractivity contribution in [1.29, 1.82) is 0 Å². The molecule has 0 radical (unpaired) electrons. The number of esters is 1. The summed E-state index contributed by atoms with van der Waals surface area (Å²) in [7, 11) is 0. The smallest absolute Gasteiger partial charge is 0.454 e. The molecule has 0 aromatic heterocycles. The molecule has 0 aromatic carbocycles. The number of carbonyl (C=O) groups excluding carboxylic acids is 2. The SMILES string of the molecule is CC1=C(C)C(CC2=C(OC(=O)O)N3C(=O)[C@H](CO)[C@H]3S2)OC1=O. The number of cyclic esters (lactones) is 1. The summed E-state index contributed by atoms with van der Waals surface area (Å²) in [4.78, 5) is 36.2. The van der Waals surface area contributed by atoms with E-state index in [0.29, 0.717) is 10.5 Å². The normalized spacial score (nSPS) is 29.7. The zero-order chi connectivity index (χ0) is 16.9. The summed E-state index contributed by atoms with van der Waals surface area (Å²) in [6, 6.07) is 0. The third-order valence-electron chi connectivity index (χ3n) is 4.26. The molecule has 1 amide bonds. The first-order valence-electron chi connectivity index (χ1n) is 6.98. The Labute approximate surface area is 135 Å². The highest BCUT2D eigenvalue weighted by molar-refractivity contribution is 8.04. The molecule has 3 atom stereocenters. The minimum Gasteiger partial charge on any atom is -0.454 e. The molecule has 23 heavy (non-hydrogen) atoms. The maximum Gasteiger partial charge on any atom is 0.512 e. The fraction of sp³-hybridized carbons (Fsp3) is 0.500. The number of aliphatic hydroxyl groups is 1. The molecule has 0 aromatic rings. The van der Waals surface area contributed by atoms with E-state index in [-0.39, 0.29) is 30.2 Å². The number of hydrogen-bond acceptors (Lipinski definition) is 7. The van der Waals surface area contributed by atoms with Crippen LogP contribution >= 0.6 is 11.8 Å². The molecule has 0 saturated carbocycles. The number of nitrogens with zero attached hydrogens (tertiary/aromatic N) is 1. The lowest BCUT2D eigenvalue weighted by Crippen LogP contribution is -2.58. The second kappa shape index (κ2) is 5.57. The van der Waals surface area contributed by atoms with E-state index in [1.165, 1.54) is 16.7 Å². The summed E-state index contributed by atoms with van der Waals surface area (Å²) >= 11 is 1.26. The number of thioether (sulfide) groups is 1. The quantitative estimate of drug-likeness (QED) is 0.576. The van der Waals surface area contributed by atoms with Crippen LogP contribution in [0.2, 0.25) is 0 Å². The second-order valence-corrected chi connectivity index (χ2v) is 6.72. The van der Waals surface area contributed by atoms with Crippen LogP contribution in [0.25, 0.3) is 0 Å². The van der Waals surface area contributed by atoms with Gasteiger partial charge in [0.2, 0.25) is 11.8 Å². The minimum atomic E-state index is -1.52. The van der Waals surface area contributed by atoms with Crippen LogP contribution in [0.3, 0.4) is 0 Å². The van der Waals surface area contributed by atoms with Gasteiger partial charge in [-0.3, -0.25) is 9.69 Å². The van der Waals surface area contributed by atoms with Crippen molar-refractivity contribution < 1.29 is 34.1 Å². The summed E-state index contributed by atoms with van der Waals surface area (Å²) < 4.78 is 10.0. The van der Waals surface area contributed by atoms with Gasteiger partial charge in [0.1, 0.15) is 11.5 Å². The zero-order valence-electron chi connectivity index (χ0n) is 12.4. The van der Waals surface area contributed by atoms with Crippen molar-refractivity contribution in [2.45, 2.75) is 31.7 Å². The highest BCUT2D eigenvalue weighted by Crippen LogP contribution is 2.51. The van der Waals surface area contributed by atoms with E-state index in [1.54, 1.807) is 13.8 Å². The van der Waals surface area contributed by atoms with E-state index in [1.807, 2.05) is 0 Å². The molecular weight excluding hydrogens is 326 g/mol. The van der Waals surface area contributed by atoms with Crippen molar-refractivity contribution in [2.24, 2.45) is 5.92 Å². The summed E-state index contributed by atoms with van der Waals surface area (Å²) in [5, 5.41) is 17.7. The lowest BCUT2D eigenvalue weighted by Gasteiger charge is -2.40. The van der Waals surface area contributed by atoms with Crippen LogP contribution in [0, 0.1) is 5.92 Å². The summed E-state index contributed by atoms with van der Waals surface area (Å²) in [5.74, 6) is -1.39. The highest BCUT2D eigenvalue weighted by Gasteiger charge is 2.55. The lowest BCUT2D eigenvalue weighted by atomic mass is 9.99. The number of rotatable bonds is 4. The molecule has 0 bridgehead atoms. The molecule has 124 valence electrons. The largest absolute Gasteiger partial charge is 0.512 e. The Hall–Kier alpha value is -2.00. The Morgan fingerprint density at radius 2 is 2.09 bits per heavy atom. The van der Waals surface area contributed by atoms with Crippen LogP contribution in [-0.4, -0.2) is 51.2 Å². The van der Waals surface area contributed by atoms with Crippen LogP contribution in [0.4, 0.5) is 4.79 Å². The van der Waals surface area contributed by atoms with Crippen molar-refractivity contribution in [2.75, 3.05) is 6.61 Å². The molecule has 1 unspecified atom stereocenters. The number of β-lactam (4-membered cyclic amide) rings is 1. The number of carbonyl (C=O) groups is 3. The third kappa shape index (κ3) is 2.40. The average Bonchev–Trinajstić information content (AvgIpc) is 2.90. The summed E-state index contributed by atoms with van der Waals surface area (Å²) in [6.45, 7) is 3.14. The number of hydrogen-bond donors (Lipinski definition) is 2. The highest BCUT2D eigenvalue weighted by atomic mass is 32.2. The van der Waals surface area contributed by atoms with Gasteiger partial charge >= 0.3 is 12.1 Å². The van der Waals surface area contributed by atoms with Crippen molar-refractivity contribution in [3.05, 3.63) is 21.9 Å². The predicted octanol–water partition coefficient (Wildman–Crippen LogP) is 1.03. The molecule has 1 saturated heterocycles. The van der Waals surface area contributed by atoms with E-state index in [0.717, 1.165) is 5.57 Å². The standard InChI is InChI=1S/C14H15NO7S/c1-5-6(2)13(18)21-8(5)3-9-11(22-14(19)20)15-10(17)7(4-16)12(15)23-9/h7-8,12,16H,3-4H2,1-2H3,(H,19,20)/t7-,8?,12+/m0/s1. The molecule has 0 spiro atoms. The fourth-order valence-corrected chi connectivity index (χ4v) is 4.22. The van der Waals surface area contributed by atoms with Gasteiger partial charge in [-0.05, 0) is 19.4 Å². The predicted molar refractivity (Wildman–Crippen MR) is 77.8 cm³/mol. The van der Waals surface area contributed by atoms with Crippen LogP contribution in [-0.2, 0) is 19.1 Å². The van der Waals surface area contributed by atoms with Crippen molar-refractivity contribution in [3.63, 3.8) is 0 Å². The van der Waals surface area contributed by atoms with Gasteiger partial charge in [0.25, 0.3) is 0 Å². The topological polar surface area (TPSA) is 113 Å². The van der Waals surface area contributed by atoms with Crippen molar-refractivity contribution in [1.82, 2.24) is 4.90 Å². The monoisotopic (exact) mass is 341 g/mol. The average molecular weight is 341 g/mol. The lowest BCUT2D eigenvalue weighted by molar-refractivity contribution is -0.152. The Morgan fingerprint density at radius 3 is 2.61 bits per heavy atom. The van der Waals surface area contributed by atoms with E-state index in [4.69, 9.17) is 14.6 Å².